The van der Waals surface area contributed by atoms with Crippen LogP contribution < -0.4 is 0 Å². The average Bonchev–Trinajstić information content (AvgIpc) is 2.58. The van der Waals surface area contributed by atoms with Crippen LogP contribution in [0.5, 0.6) is 0 Å². The van der Waals surface area contributed by atoms with Gasteiger partial charge in [0.1, 0.15) is 5.69 Å². The van der Waals surface area contributed by atoms with Crippen molar-refractivity contribution in [2.24, 2.45) is 0 Å². The second-order valence-electron chi connectivity index (χ2n) is 2.71. The molecule has 12 heavy (non-hydrogen) atoms. The van der Waals surface area contributed by atoms with Crippen LogP contribution in [0.1, 0.15) is 11.4 Å². The molecule has 0 unspecified atom stereocenters. The monoisotopic (exact) mass is 161 g/mol. The van der Waals surface area contributed by atoms with Gasteiger partial charge in [-0.1, -0.05) is 0 Å². The highest BCUT2D eigenvalue weighted by Gasteiger charge is 2.06. The summed E-state index contributed by atoms with van der Waals surface area (Å²) in [4.78, 5) is 14.2. The molecule has 4 nitrogen and oxygen atoms in total. The van der Waals surface area contributed by atoms with Gasteiger partial charge in [-0.25, -0.2) is 9.97 Å². The molecular formula is C8H9N4. The summed E-state index contributed by atoms with van der Waals surface area (Å²) in [5.41, 5.74) is 2.78. The fourth-order valence-electron chi connectivity index (χ4n) is 1.08. The maximum Gasteiger partial charge on any atom is 0.174 e. The number of rotatable bonds is 1. The summed E-state index contributed by atoms with van der Waals surface area (Å²) in [7, 11) is 0. The summed E-state index contributed by atoms with van der Waals surface area (Å²) in [6, 6.07) is 0. The standard InChI is InChI=1S/C8H9N4/c1-5-3-9-8(12-5)7-6(2)10-4-11-7/h3H,1-2H3,(H,9,12)(H,10,11). The Morgan fingerprint density at radius 2 is 2.25 bits per heavy atom. The number of imidazole rings is 2. The molecule has 0 aliphatic heterocycles. The first-order valence-corrected chi connectivity index (χ1v) is 3.72. The van der Waals surface area contributed by atoms with Crippen LogP contribution in [0.2, 0.25) is 0 Å². The zero-order valence-electron chi connectivity index (χ0n) is 6.97. The van der Waals surface area contributed by atoms with Crippen LogP contribution in [-0.4, -0.2) is 19.9 Å². The lowest BCUT2D eigenvalue weighted by molar-refractivity contribution is 1.21. The van der Waals surface area contributed by atoms with Crippen molar-refractivity contribution in [2.75, 3.05) is 0 Å². The Morgan fingerprint density at radius 1 is 1.42 bits per heavy atom. The number of hydrogen-bond donors (Lipinski definition) is 2. The molecule has 2 aromatic heterocycles. The van der Waals surface area contributed by atoms with Gasteiger partial charge in [0.25, 0.3) is 0 Å². The predicted octanol–water partition coefficient (Wildman–Crippen LogP) is 1.22. The van der Waals surface area contributed by atoms with Crippen LogP contribution in [0.4, 0.5) is 0 Å². The summed E-state index contributed by atoms with van der Waals surface area (Å²) in [6.07, 6.45) is 4.52. The maximum atomic E-state index is 4.26. The van der Waals surface area contributed by atoms with E-state index in [0.29, 0.717) is 0 Å². The molecule has 2 N–H and O–H groups in total. The highest BCUT2D eigenvalue weighted by atomic mass is 15.0. The van der Waals surface area contributed by atoms with E-state index in [4.69, 9.17) is 0 Å². The average molecular weight is 161 g/mol. The number of aryl methyl sites for hydroxylation is 2. The first-order chi connectivity index (χ1) is 5.77. The molecule has 2 rings (SSSR count). The molecule has 0 aliphatic rings. The van der Waals surface area contributed by atoms with E-state index in [0.717, 1.165) is 22.9 Å². The minimum atomic E-state index is 0.794. The zero-order chi connectivity index (χ0) is 8.55. The van der Waals surface area contributed by atoms with Crippen LogP contribution in [0.25, 0.3) is 11.5 Å². The molecule has 4 heteroatoms. The first-order valence-electron chi connectivity index (χ1n) is 3.72. The van der Waals surface area contributed by atoms with Gasteiger partial charge >= 0.3 is 0 Å². The van der Waals surface area contributed by atoms with Crippen molar-refractivity contribution in [1.82, 2.24) is 19.9 Å². The van der Waals surface area contributed by atoms with Crippen molar-refractivity contribution in [3.63, 3.8) is 0 Å². The summed E-state index contributed by atoms with van der Waals surface area (Å²) >= 11 is 0. The second-order valence-corrected chi connectivity index (χ2v) is 2.71. The van der Waals surface area contributed by atoms with Crippen molar-refractivity contribution in [3.05, 3.63) is 23.9 Å². The van der Waals surface area contributed by atoms with Crippen molar-refractivity contribution in [3.8, 4) is 11.5 Å². The molecule has 0 aromatic carbocycles. The van der Waals surface area contributed by atoms with E-state index < -0.39 is 0 Å². The third kappa shape index (κ3) is 1.01. The number of H-pyrrole nitrogens is 2. The summed E-state index contributed by atoms with van der Waals surface area (Å²) < 4.78 is 0. The van der Waals surface area contributed by atoms with Crippen LogP contribution in [-0.2, 0) is 0 Å². The minimum absolute atomic E-state index is 0.794. The first kappa shape index (κ1) is 7.09. The van der Waals surface area contributed by atoms with Crippen molar-refractivity contribution >= 4 is 0 Å². The number of nitrogens with one attached hydrogen (secondary N) is 2. The zero-order valence-corrected chi connectivity index (χ0v) is 6.97. The molecule has 1 radical (unpaired) electrons. The van der Waals surface area contributed by atoms with E-state index in [9.17, 15) is 0 Å². The Balaban J connectivity index is 2.50. The van der Waals surface area contributed by atoms with Gasteiger partial charge in [-0.15, -0.1) is 0 Å². The third-order valence-electron chi connectivity index (χ3n) is 1.70. The van der Waals surface area contributed by atoms with Crippen molar-refractivity contribution in [2.45, 2.75) is 13.8 Å². The fourth-order valence-corrected chi connectivity index (χ4v) is 1.08. The molecular weight excluding hydrogens is 152 g/mol. The van der Waals surface area contributed by atoms with E-state index in [-0.39, 0.29) is 0 Å². The molecule has 0 bridgehead atoms. The van der Waals surface area contributed by atoms with Crippen molar-refractivity contribution in [1.29, 1.82) is 0 Å². The predicted molar refractivity (Wildman–Crippen MR) is 44.5 cm³/mol. The minimum Gasteiger partial charge on any atom is -0.343 e. The lowest BCUT2D eigenvalue weighted by Gasteiger charge is -1.90. The van der Waals surface area contributed by atoms with E-state index in [1.54, 1.807) is 0 Å². The highest BCUT2D eigenvalue weighted by Crippen LogP contribution is 2.14. The van der Waals surface area contributed by atoms with Gasteiger partial charge in [0.2, 0.25) is 0 Å². The van der Waals surface area contributed by atoms with Crippen LogP contribution >= 0.6 is 0 Å². The van der Waals surface area contributed by atoms with E-state index in [1.165, 1.54) is 0 Å². The highest BCUT2D eigenvalue weighted by molar-refractivity contribution is 5.52. The normalized spacial score (nSPS) is 10.5. The van der Waals surface area contributed by atoms with Crippen LogP contribution in [0.3, 0.4) is 0 Å². The lowest BCUT2D eigenvalue weighted by Crippen LogP contribution is -1.83. The lowest BCUT2D eigenvalue weighted by atomic mass is 10.3. The molecule has 0 saturated carbocycles. The van der Waals surface area contributed by atoms with Gasteiger partial charge in [-0.3, -0.25) is 0 Å². The molecule has 0 atom stereocenters. The van der Waals surface area contributed by atoms with E-state index in [2.05, 4.69) is 26.3 Å². The number of nitrogens with zero attached hydrogens (tertiary/aromatic N) is 2. The number of hydrogen-bond acceptors (Lipinski definition) is 2. The Bertz CT molecular complexity index is 385. The molecule has 0 amide bonds. The smallest absolute Gasteiger partial charge is 0.174 e. The van der Waals surface area contributed by atoms with E-state index in [1.807, 2.05) is 20.0 Å². The SMILES string of the molecule is Cc1c[nH]c(-c2n[c][nH]c2C)n1. The Labute approximate surface area is 70.1 Å². The fraction of sp³-hybridized carbons (Fsp3) is 0.250. The summed E-state index contributed by atoms with van der Waals surface area (Å²) in [5, 5.41) is 0. The van der Waals surface area contributed by atoms with Gasteiger partial charge < -0.3 is 9.97 Å². The topological polar surface area (TPSA) is 57.4 Å². The number of aromatic amines is 2. The molecule has 0 fully saturated rings. The van der Waals surface area contributed by atoms with Crippen LogP contribution in [0, 0.1) is 20.2 Å². The second kappa shape index (κ2) is 2.48. The third-order valence-corrected chi connectivity index (χ3v) is 1.70. The largest absolute Gasteiger partial charge is 0.343 e. The molecule has 61 valence electrons. The molecule has 2 heterocycles. The van der Waals surface area contributed by atoms with Gasteiger partial charge in [0.15, 0.2) is 12.2 Å². The van der Waals surface area contributed by atoms with Gasteiger partial charge in [-0.05, 0) is 13.8 Å². The molecule has 0 aliphatic carbocycles. The summed E-state index contributed by atoms with van der Waals surface area (Å²) in [6.45, 7) is 3.88. The maximum absolute atomic E-state index is 4.26. The van der Waals surface area contributed by atoms with E-state index >= 15 is 0 Å². The summed E-state index contributed by atoms with van der Waals surface area (Å²) in [5.74, 6) is 0.794. The Morgan fingerprint density at radius 3 is 2.75 bits per heavy atom. The number of aromatic nitrogens is 4. The van der Waals surface area contributed by atoms with Gasteiger partial charge in [0.05, 0.1) is 5.69 Å². The van der Waals surface area contributed by atoms with Gasteiger partial charge in [0, 0.05) is 11.9 Å². The molecule has 0 spiro atoms. The van der Waals surface area contributed by atoms with Gasteiger partial charge in [-0.2, -0.15) is 0 Å². The molecule has 2 aromatic rings. The van der Waals surface area contributed by atoms with Crippen LogP contribution in [0.15, 0.2) is 6.20 Å². The Hall–Kier alpha value is -1.58. The van der Waals surface area contributed by atoms with Crippen molar-refractivity contribution < 1.29 is 0 Å². The molecule has 0 saturated heterocycles. The Kier molecular flexibility index (Phi) is 1.46. The quantitative estimate of drug-likeness (QED) is 0.660.